The number of benzene rings is 1. The van der Waals surface area contributed by atoms with Gasteiger partial charge in [0.25, 0.3) is 5.91 Å². The zero-order valence-corrected chi connectivity index (χ0v) is 13.7. The second-order valence-corrected chi connectivity index (χ2v) is 7.41. The van der Waals surface area contributed by atoms with Gasteiger partial charge in [0, 0.05) is 17.3 Å². The molecule has 0 saturated heterocycles. The van der Waals surface area contributed by atoms with E-state index in [9.17, 15) is 4.79 Å². The van der Waals surface area contributed by atoms with Gasteiger partial charge in [-0.25, -0.2) is 0 Å². The van der Waals surface area contributed by atoms with Crippen LogP contribution < -0.4 is 11.1 Å². The van der Waals surface area contributed by atoms with E-state index in [0.717, 1.165) is 17.7 Å². The first kappa shape index (κ1) is 15.9. The third-order valence-electron chi connectivity index (χ3n) is 4.73. The number of carbonyl (C=O) groups is 1. The summed E-state index contributed by atoms with van der Waals surface area (Å²) in [6.07, 6.45) is 4.77. The van der Waals surface area contributed by atoms with Crippen LogP contribution in [-0.2, 0) is 0 Å². The first-order chi connectivity index (χ1) is 9.79. The van der Waals surface area contributed by atoms with Gasteiger partial charge in [-0.3, -0.25) is 4.79 Å². The molecule has 0 spiro atoms. The summed E-state index contributed by atoms with van der Waals surface area (Å²) < 4.78 is 0. The van der Waals surface area contributed by atoms with Crippen molar-refractivity contribution in [3.8, 4) is 0 Å². The number of anilines is 1. The van der Waals surface area contributed by atoms with Crippen molar-refractivity contribution in [1.29, 1.82) is 0 Å². The second-order valence-electron chi connectivity index (χ2n) is 7.41. The molecule has 1 aliphatic rings. The van der Waals surface area contributed by atoms with E-state index in [1.807, 2.05) is 25.1 Å². The van der Waals surface area contributed by atoms with Crippen molar-refractivity contribution >= 4 is 11.6 Å². The minimum absolute atomic E-state index is 0.0271. The Morgan fingerprint density at radius 1 is 1.24 bits per heavy atom. The molecule has 116 valence electrons. The average molecular weight is 288 g/mol. The quantitative estimate of drug-likeness (QED) is 0.811. The normalized spacial score (nSPS) is 22.9. The maximum absolute atomic E-state index is 12.5. The van der Waals surface area contributed by atoms with E-state index in [2.05, 4.69) is 26.1 Å². The number of amides is 1. The lowest BCUT2D eigenvalue weighted by Crippen LogP contribution is -2.46. The van der Waals surface area contributed by atoms with E-state index in [1.165, 1.54) is 19.3 Å². The second kappa shape index (κ2) is 6.08. The molecule has 0 aromatic heterocycles. The molecule has 1 saturated carbocycles. The van der Waals surface area contributed by atoms with Crippen LogP contribution in [0.2, 0.25) is 0 Å². The molecular formula is C18H28N2O. The Balaban J connectivity index is 2.11. The van der Waals surface area contributed by atoms with Gasteiger partial charge in [0.05, 0.1) is 0 Å². The lowest BCUT2D eigenvalue weighted by molar-refractivity contribution is 0.0830. The summed E-state index contributed by atoms with van der Waals surface area (Å²) >= 11 is 0. The zero-order valence-electron chi connectivity index (χ0n) is 13.7. The number of hydrogen-bond donors (Lipinski definition) is 2. The summed E-state index contributed by atoms with van der Waals surface area (Å²) in [5.74, 6) is 0.573. The van der Waals surface area contributed by atoms with Crippen molar-refractivity contribution in [2.75, 3.05) is 5.73 Å². The molecule has 3 nitrogen and oxygen atoms in total. The molecule has 0 aliphatic heterocycles. The van der Waals surface area contributed by atoms with E-state index >= 15 is 0 Å². The van der Waals surface area contributed by atoms with Crippen molar-refractivity contribution in [2.45, 2.75) is 59.4 Å². The van der Waals surface area contributed by atoms with Gasteiger partial charge in [-0.1, -0.05) is 33.6 Å². The fourth-order valence-electron chi connectivity index (χ4n) is 3.41. The minimum atomic E-state index is 0.0271. The molecular weight excluding hydrogens is 260 g/mol. The molecule has 1 aromatic rings. The largest absolute Gasteiger partial charge is 0.399 e. The smallest absolute Gasteiger partial charge is 0.251 e. The third-order valence-corrected chi connectivity index (χ3v) is 4.73. The molecule has 1 aromatic carbocycles. The van der Waals surface area contributed by atoms with Crippen molar-refractivity contribution < 1.29 is 4.79 Å². The number of nitrogen functional groups attached to an aromatic ring is 1. The molecule has 2 unspecified atom stereocenters. The zero-order chi connectivity index (χ0) is 15.6. The van der Waals surface area contributed by atoms with Gasteiger partial charge in [-0.2, -0.15) is 0 Å². The van der Waals surface area contributed by atoms with Crippen molar-refractivity contribution in [2.24, 2.45) is 11.3 Å². The number of rotatable bonds is 2. The molecule has 1 fully saturated rings. The molecule has 2 atom stereocenters. The van der Waals surface area contributed by atoms with Crippen LogP contribution in [0.15, 0.2) is 18.2 Å². The van der Waals surface area contributed by atoms with E-state index in [-0.39, 0.29) is 17.4 Å². The lowest BCUT2D eigenvalue weighted by atomic mass is 9.69. The number of carbonyl (C=O) groups excluding carboxylic acids is 1. The molecule has 2 rings (SSSR count). The van der Waals surface area contributed by atoms with E-state index in [1.54, 1.807) is 0 Å². The Morgan fingerprint density at radius 3 is 2.52 bits per heavy atom. The van der Waals surface area contributed by atoms with Crippen LogP contribution in [-0.4, -0.2) is 11.9 Å². The first-order valence-electron chi connectivity index (χ1n) is 7.96. The Bertz CT molecular complexity index is 516. The summed E-state index contributed by atoms with van der Waals surface area (Å²) in [6.45, 7) is 8.76. The summed E-state index contributed by atoms with van der Waals surface area (Å²) in [4.78, 5) is 12.5. The molecule has 0 heterocycles. The van der Waals surface area contributed by atoms with Crippen LogP contribution in [0.4, 0.5) is 5.69 Å². The maximum Gasteiger partial charge on any atom is 0.251 e. The average Bonchev–Trinajstić information content (AvgIpc) is 2.41. The molecule has 3 heteroatoms. The van der Waals surface area contributed by atoms with E-state index in [4.69, 9.17) is 5.73 Å². The fourth-order valence-corrected chi connectivity index (χ4v) is 3.41. The number of nitrogens with two attached hydrogens (primary N) is 1. The van der Waals surface area contributed by atoms with Gasteiger partial charge in [-0.15, -0.1) is 0 Å². The summed E-state index contributed by atoms with van der Waals surface area (Å²) in [7, 11) is 0. The predicted octanol–water partition coefficient (Wildman–Crippen LogP) is 3.91. The molecule has 1 amide bonds. The Morgan fingerprint density at radius 2 is 1.90 bits per heavy atom. The van der Waals surface area contributed by atoms with Crippen molar-refractivity contribution in [3.05, 3.63) is 29.3 Å². The topological polar surface area (TPSA) is 55.1 Å². The van der Waals surface area contributed by atoms with Crippen LogP contribution in [0.1, 0.15) is 62.4 Å². The summed E-state index contributed by atoms with van der Waals surface area (Å²) in [5.41, 5.74) is 8.45. The molecule has 0 bridgehead atoms. The highest BCUT2D eigenvalue weighted by Gasteiger charge is 2.34. The van der Waals surface area contributed by atoms with Gasteiger partial charge in [0.15, 0.2) is 0 Å². The molecule has 21 heavy (non-hydrogen) atoms. The number of nitrogens with one attached hydrogen (secondary N) is 1. The van der Waals surface area contributed by atoms with Crippen LogP contribution in [0.5, 0.6) is 0 Å². The highest BCUT2D eigenvalue weighted by Crippen LogP contribution is 2.38. The predicted molar refractivity (Wildman–Crippen MR) is 88.3 cm³/mol. The minimum Gasteiger partial charge on any atom is -0.399 e. The molecule has 0 radical (unpaired) electrons. The van der Waals surface area contributed by atoms with Crippen molar-refractivity contribution in [3.63, 3.8) is 0 Å². The molecule has 3 N–H and O–H groups in total. The van der Waals surface area contributed by atoms with E-state index in [0.29, 0.717) is 11.5 Å². The fraction of sp³-hybridized carbons (Fsp3) is 0.611. The van der Waals surface area contributed by atoms with Crippen LogP contribution >= 0.6 is 0 Å². The maximum atomic E-state index is 12.5. The van der Waals surface area contributed by atoms with Crippen LogP contribution in [0.3, 0.4) is 0 Å². The number of aryl methyl sites for hydroxylation is 1. The summed E-state index contributed by atoms with van der Waals surface area (Å²) in [5, 5.41) is 3.26. The third kappa shape index (κ3) is 3.78. The SMILES string of the molecule is Cc1cc(C(=O)NC2CCCCC2C(C)(C)C)ccc1N. The molecule has 1 aliphatic carbocycles. The van der Waals surface area contributed by atoms with Crippen LogP contribution in [0, 0.1) is 18.3 Å². The Labute approximate surface area is 128 Å². The van der Waals surface area contributed by atoms with Gasteiger partial charge < -0.3 is 11.1 Å². The van der Waals surface area contributed by atoms with Crippen LogP contribution in [0.25, 0.3) is 0 Å². The van der Waals surface area contributed by atoms with Gasteiger partial charge in [-0.05, 0) is 54.9 Å². The standard InChI is InChI=1S/C18H28N2O/c1-12-11-13(9-10-15(12)19)17(21)20-16-8-6-5-7-14(16)18(2,3)4/h9-11,14,16H,5-8,19H2,1-4H3,(H,20,21). The van der Waals surface area contributed by atoms with E-state index < -0.39 is 0 Å². The first-order valence-corrected chi connectivity index (χ1v) is 7.96. The number of hydrogen-bond acceptors (Lipinski definition) is 2. The monoisotopic (exact) mass is 288 g/mol. The van der Waals surface area contributed by atoms with Crippen molar-refractivity contribution in [1.82, 2.24) is 5.32 Å². The Hall–Kier alpha value is -1.51. The van der Waals surface area contributed by atoms with Gasteiger partial charge in [0.1, 0.15) is 0 Å². The van der Waals surface area contributed by atoms with Gasteiger partial charge in [0.2, 0.25) is 0 Å². The highest BCUT2D eigenvalue weighted by atomic mass is 16.1. The summed E-state index contributed by atoms with van der Waals surface area (Å²) in [6, 6.07) is 5.78. The Kier molecular flexibility index (Phi) is 4.60. The lowest BCUT2D eigenvalue weighted by Gasteiger charge is -2.40. The van der Waals surface area contributed by atoms with Gasteiger partial charge >= 0.3 is 0 Å². The highest BCUT2D eigenvalue weighted by molar-refractivity contribution is 5.95.